The number of carbonyl (C=O) groups is 1. The first kappa shape index (κ1) is 21.5. The van der Waals surface area contributed by atoms with Crippen LogP contribution in [0.1, 0.15) is 29.2 Å². The third kappa shape index (κ3) is 5.04. The first-order valence-corrected chi connectivity index (χ1v) is 9.40. The van der Waals surface area contributed by atoms with Crippen molar-refractivity contribution >= 4 is 11.4 Å². The number of allylic oxidation sites excluding steroid dienone is 1. The van der Waals surface area contributed by atoms with E-state index in [1.807, 2.05) is 72.9 Å². The van der Waals surface area contributed by atoms with Crippen LogP contribution in [0, 0.1) is 6.07 Å². The molecule has 1 unspecified atom stereocenters. The van der Waals surface area contributed by atoms with Gasteiger partial charge in [-0.25, -0.2) is 0 Å². The Labute approximate surface area is 197 Å². The fourth-order valence-corrected chi connectivity index (χ4v) is 3.61. The van der Waals surface area contributed by atoms with Crippen LogP contribution in [0.5, 0.6) is 5.75 Å². The molecule has 3 nitrogen and oxygen atoms in total. The Hall–Kier alpha value is -2.23. The number of carbonyl (C=O) groups excluding carboxylic acids is 1. The van der Waals surface area contributed by atoms with Crippen molar-refractivity contribution in [3.63, 3.8) is 0 Å². The molecule has 0 spiro atoms. The minimum atomic E-state index is -0.00458. The van der Waals surface area contributed by atoms with Gasteiger partial charge in [-0.1, -0.05) is 42.5 Å². The van der Waals surface area contributed by atoms with Crippen molar-refractivity contribution in [2.45, 2.75) is 19.0 Å². The molecule has 3 aromatic rings. The number of methoxy groups -OCH3 is 1. The quantitative estimate of drug-likeness (QED) is 0.503. The third-order valence-electron chi connectivity index (χ3n) is 5.10. The van der Waals surface area contributed by atoms with Crippen LogP contribution in [-0.2, 0) is 44.0 Å². The molecule has 0 saturated heterocycles. The zero-order valence-electron chi connectivity index (χ0n) is 16.4. The molecule has 0 fully saturated rings. The second-order valence-corrected chi connectivity index (χ2v) is 6.91. The van der Waals surface area contributed by atoms with Crippen LogP contribution < -0.4 is 4.74 Å². The first-order chi connectivity index (χ1) is 13.7. The summed E-state index contributed by atoms with van der Waals surface area (Å²) < 4.78 is 5.28. The first-order valence-electron chi connectivity index (χ1n) is 9.40. The van der Waals surface area contributed by atoms with Gasteiger partial charge in [0.05, 0.1) is 13.2 Å². The Morgan fingerprint density at radius 3 is 2.45 bits per heavy atom. The van der Waals surface area contributed by atoms with Gasteiger partial charge in [0.1, 0.15) is 5.75 Å². The second-order valence-electron chi connectivity index (χ2n) is 6.91. The number of Topliss-reactive ketones (excluding diaryl/α,β-unsaturated/α-hetero) is 1. The average molecular weight is 457 g/mol. The smallest absolute Gasteiger partial charge is 0.155 e. The van der Waals surface area contributed by atoms with E-state index in [1.165, 1.54) is 5.56 Å². The molecule has 4 rings (SSSR count). The Bertz CT molecular complexity index is 969. The van der Waals surface area contributed by atoms with Crippen molar-refractivity contribution in [2.75, 3.05) is 7.11 Å². The van der Waals surface area contributed by atoms with Gasteiger partial charge >= 0.3 is 0 Å². The van der Waals surface area contributed by atoms with Crippen molar-refractivity contribution in [1.82, 2.24) is 4.90 Å². The van der Waals surface area contributed by atoms with Crippen LogP contribution in [0.2, 0.25) is 0 Å². The molecule has 1 aliphatic heterocycles. The van der Waals surface area contributed by atoms with Crippen molar-refractivity contribution in [3.05, 3.63) is 108 Å². The largest absolute Gasteiger partial charge is 0.497 e. The summed E-state index contributed by atoms with van der Waals surface area (Å²) in [6, 6.07) is 29.0. The van der Waals surface area contributed by atoms with Gasteiger partial charge in [-0.3, -0.25) is 4.79 Å². The number of hydrogen-bond acceptors (Lipinski definition) is 3. The number of hydrogen-bond donors (Lipinski definition) is 0. The van der Waals surface area contributed by atoms with E-state index in [4.69, 9.17) is 4.74 Å². The Morgan fingerprint density at radius 2 is 1.79 bits per heavy atom. The monoisotopic (exact) mass is 457 g/mol. The molecule has 0 aromatic heterocycles. The third-order valence-corrected chi connectivity index (χ3v) is 5.10. The predicted molar refractivity (Wildman–Crippen MR) is 111 cm³/mol. The van der Waals surface area contributed by atoms with Crippen molar-refractivity contribution in [3.8, 4) is 5.75 Å². The minimum Gasteiger partial charge on any atom is -0.497 e. The van der Waals surface area contributed by atoms with Crippen LogP contribution >= 0.6 is 0 Å². The fraction of sp³-hybridized carbons (Fsp3) is 0.160. The van der Waals surface area contributed by atoms with E-state index in [0.29, 0.717) is 6.42 Å². The molecule has 0 bridgehead atoms. The standard InChI is InChI=1S/C25H22NO2.Y/c1-28-22-14-12-21(13-15-22)24-16-25(27)23(20-10-6-3-7-11-20)18-26(24)17-19-8-4-2-5-9-19;/h2-6,8-15,18,24H,16-17H2,1H3;/q-1;. The van der Waals surface area contributed by atoms with Gasteiger partial charge in [0.2, 0.25) is 0 Å². The maximum Gasteiger partial charge on any atom is 0.155 e. The maximum atomic E-state index is 13.0. The van der Waals surface area contributed by atoms with Gasteiger partial charge < -0.3 is 9.64 Å². The fourth-order valence-electron chi connectivity index (χ4n) is 3.61. The van der Waals surface area contributed by atoms with E-state index >= 15 is 0 Å². The molecule has 1 atom stereocenters. The summed E-state index contributed by atoms with van der Waals surface area (Å²) in [5.41, 5.74) is 3.99. The normalized spacial score (nSPS) is 16.0. The SMILES string of the molecule is COc1ccc(C2CC(=O)C(c3c[c-]ccc3)=CN2Cc2ccccc2)cc1.[Y]. The van der Waals surface area contributed by atoms with E-state index in [9.17, 15) is 4.79 Å². The molecule has 143 valence electrons. The number of benzene rings is 3. The molecular formula is C25H22NO2Y-. The molecule has 0 N–H and O–H groups in total. The minimum absolute atomic E-state index is 0. The molecule has 29 heavy (non-hydrogen) atoms. The van der Waals surface area contributed by atoms with Crippen LogP contribution in [0.15, 0.2) is 85.1 Å². The molecule has 0 saturated carbocycles. The summed E-state index contributed by atoms with van der Waals surface area (Å²) >= 11 is 0. The van der Waals surface area contributed by atoms with Crippen molar-refractivity contribution in [1.29, 1.82) is 0 Å². The zero-order chi connectivity index (χ0) is 19.3. The van der Waals surface area contributed by atoms with Crippen LogP contribution in [0.25, 0.3) is 5.57 Å². The summed E-state index contributed by atoms with van der Waals surface area (Å²) in [7, 11) is 1.66. The van der Waals surface area contributed by atoms with E-state index in [0.717, 1.165) is 29.0 Å². The van der Waals surface area contributed by atoms with Crippen molar-refractivity contribution < 1.29 is 42.2 Å². The Kier molecular flexibility index (Phi) is 7.41. The van der Waals surface area contributed by atoms with Gasteiger partial charge in [-0.05, 0) is 35.0 Å². The van der Waals surface area contributed by atoms with E-state index < -0.39 is 0 Å². The summed E-state index contributed by atoms with van der Waals surface area (Å²) in [5.74, 6) is 0.973. The molecule has 4 heteroatoms. The Balaban J connectivity index is 0.00000240. The summed E-state index contributed by atoms with van der Waals surface area (Å²) in [6.45, 7) is 0.741. The molecule has 0 amide bonds. The number of ether oxygens (including phenoxy) is 1. The number of nitrogens with zero attached hydrogens (tertiary/aromatic N) is 1. The molecule has 3 aromatic carbocycles. The van der Waals surface area contributed by atoms with Gasteiger partial charge in [-0.15, -0.1) is 5.56 Å². The van der Waals surface area contributed by atoms with E-state index in [-0.39, 0.29) is 44.5 Å². The van der Waals surface area contributed by atoms with Crippen LogP contribution in [0.3, 0.4) is 0 Å². The van der Waals surface area contributed by atoms with E-state index in [2.05, 4.69) is 23.1 Å². The Morgan fingerprint density at radius 1 is 1.03 bits per heavy atom. The predicted octanol–water partition coefficient (Wildman–Crippen LogP) is 5.05. The van der Waals surface area contributed by atoms with E-state index in [1.54, 1.807) is 7.11 Å². The number of rotatable bonds is 5. The van der Waals surface area contributed by atoms with Crippen LogP contribution in [0.4, 0.5) is 0 Å². The van der Waals surface area contributed by atoms with Gasteiger partial charge in [0, 0.05) is 45.7 Å². The molecular weight excluding hydrogens is 435 g/mol. The van der Waals surface area contributed by atoms with Crippen molar-refractivity contribution in [2.24, 2.45) is 0 Å². The summed E-state index contributed by atoms with van der Waals surface area (Å²) in [6.07, 6.45) is 2.46. The van der Waals surface area contributed by atoms with Gasteiger partial charge in [0.25, 0.3) is 0 Å². The maximum absolute atomic E-state index is 13.0. The topological polar surface area (TPSA) is 29.5 Å². The number of ketones is 1. The zero-order valence-corrected chi connectivity index (χ0v) is 19.3. The second kappa shape index (κ2) is 10.00. The molecule has 0 aliphatic carbocycles. The van der Waals surface area contributed by atoms with Gasteiger partial charge in [0.15, 0.2) is 5.78 Å². The average Bonchev–Trinajstić information content (AvgIpc) is 2.76. The van der Waals surface area contributed by atoms with Crippen LogP contribution in [-0.4, -0.2) is 17.8 Å². The molecule has 1 heterocycles. The van der Waals surface area contributed by atoms with Gasteiger partial charge in [-0.2, -0.15) is 30.3 Å². The summed E-state index contributed by atoms with van der Waals surface area (Å²) in [5, 5.41) is 0. The summed E-state index contributed by atoms with van der Waals surface area (Å²) in [4.78, 5) is 15.2. The molecule has 1 radical (unpaired) electrons. The molecule has 1 aliphatic rings.